The molecule has 2 N–H and O–H groups in total. The summed E-state index contributed by atoms with van der Waals surface area (Å²) in [6, 6.07) is 16.8. The molecule has 8 heteroatoms. The standard InChI is InChI=1S/C25H32Cl2N3O2P/c26-21-14-15-23-24(16-19-29-25(23)20-21)28-17-10-5-3-1-2-4-6-11-18-30-33(27,31)32-22-12-8-7-9-13-22/h7-9,12-16,19-20H,1-6,10-11,17-18H2,(H,28,29)(H,30,31). The van der Waals surface area contributed by atoms with Crippen LogP contribution in [0.2, 0.25) is 5.02 Å². The van der Waals surface area contributed by atoms with Crippen LogP contribution in [-0.4, -0.2) is 18.1 Å². The number of fused-ring (bicyclic) bond motifs is 1. The Morgan fingerprint density at radius 3 is 2.24 bits per heavy atom. The number of pyridine rings is 1. The normalized spacial score (nSPS) is 13.0. The van der Waals surface area contributed by atoms with E-state index in [1.165, 1.54) is 32.1 Å². The van der Waals surface area contributed by atoms with Crippen molar-refractivity contribution in [2.45, 2.75) is 51.4 Å². The minimum atomic E-state index is -3.32. The second kappa shape index (κ2) is 13.8. The summed E-state index contributed by atoms with van der Waals surface area (Å²) in [5.74, 6) is 0.512. The number of rotatable bonds is 15. The Hall–Kier alpha value is -1.78. The lowest BCUT2D eigenvalue weighted by Crippen LogP contribution is -2.12. The number of para-hydroxylation sites is 1. The number of anilines is 1. The Labute approximate surface area is 206 Å². The summed E-state index contributed by atoms with van der Waals surface area (Å²) in [4.78, 5) is 4.38. The van der Waals surface area contributed by atoms with Gasteiger partial charge in [-0.25, -0.2) is 9.65 Å². The van der Waals surface area contributed by atoms with Gasteiger partial charge in [0.05, 0.1) is 5.52 Å². The fourth-order valence-electron chi connectivity index (χ4n) is 3.67. The summed E-state index contributed by atoms with van der Waals surface area (Å²) in [5.41, 5.74) is 2.03. The van der Waals surface area contributed by atoms with Crippen molar-refractivity contribution < 1.29 is 9.09 Å². The summed E-state index contributed by atoms with van der Waals surface area (Å²) in [6.07, 6.45) is 11.1. The average Bonchev–Trinajstić information content (AvgIpc) is 2.80. The van der Waals surface area contributed by atoms with Gasteiger partial charge in [-0.2, -0.15) is 0 Å². The molecule has 0 radical (unpaired) electrons. The smallest absolute Gasteiger partial charge is 0.409 e. The van der Waals surface area contributed by atoms with Crippen molar-refractivity contribution in [2.75, 3.05) is 18.4 Å². The van der Waals surface area contributed by atoms with Crippen molar-refractivity contribution >= 4 is 46.3 Å². The molecule has 0 aliphatic rings. The maximum Gasteiger partial charge on any atom is 0.409 e. The monoisotopic (exact) mass is 507 g/mol. The third kappa shape index (κ3) is 9.54. The van der Waals surface area contributed by atoms with E-state index < -0.39 is 6.87 Å². The fraction of sp³-hybridized carbons (Fsp3) is 0.400. The van der Waals surface area contributed by atoms with E-state index in [0.29, 0.717) is 17.3 Å². The highest BCUT2D eigenvalue weighted by Gasteiger charge is 2.19. The van der Waals surface area contributed by atoms with Gasteiger partial charge in [0.2, 0.25) is 0 Å². The maximum atomic E-state index is 12.2. The van der Waals surface area contributed by atoms with Crippen molar-refractivity contribution in [3.05, 3.63) is 65.8 Å². The molecule has 0 aliphatic heterocycles. The van der Waals surface area contributed by atoms with E-state index in [2.05, 4.69) is 15.4 Å². The van der Waals surface area contributed by atoms with Crippen LogP contribution in [0.25, 0.3) is 10.9 Å². The van der Waals surface area contributed by atoms with E-state index in [9.17, 15) is 4.57 Å². The SMILES string of the molecule is O=P(Cl)(NCCCCCCCCCCNc1ccnc2cc(Cl)ccc12)Oc1ccccc1. The first kappa shape index (κ1) is 25.8. The molecule has 0 fully saturated rings. The van der Waals surface area contributed by atoms with E-state index in [4.69, 9.17) is 27.4 Å². The largest absolute Gasteiger partial charge is 0.422 e. The molecule has 1 unspecified atom stereocenters. The Bertz CT molecular complexity index is 1040. The number of benzene rings is 2. The first-order chi connectivity index (χ1) is 16.0. The number of nitrogens with zero attached hydrogens (tertiary/aromatic N) is 1. The minimum Gasteiger partial charge on any atom is -0.422 e. The summed E-state index contributed by atoms with van der Waals surface area (Å²) >= 11 is 12.0. The molecule has 3 rings (SSSR count). The molecule has 0 saturated heterocycles. The van der Waals surface area contributed by atoms with Crippen LogP contribution in [0.5, 0.6) is 5.75 Å². The second-order valence-corrected chi connectivity index (χ2v) is 11.3. The van der Waals surface area contributed by atoms with Gasteiger partial charge in [-0.3, -0.25) is 4.98 Å². The van der Waals surface area contributed by atoms with Crippen molar-refractivity contribution in [2.24, 2.45) is 0 Å². The molecule has 33 heavy (non-hydrogen) atoms. The molecule has 1 heterocycles. The van der Waals surface area contributed by atoms with Gasteiger partial charge in [0.1, 0.15) is 5.75 Å². The number of hydrogen-bond donors (Lipinski definition) is 2. The predicted molar refractivity (Wildman–Crippen MR) is 141 cm³/mol. The van der Waals surface area contributed by atoms with Gasteiger partial charge in [-0.1, -0.05) is 68.3 Å². The molecule has 1 atom stereocenters. The Morgan fingerprint density at radius 1 is 0.848 bits per heavy atom. The van der Waals surface area contributed by atoms with Gasteiger partial charge >= 0.3 is 6.87 Å². The van der Waals surface area contributed by atoms with Crippen molar-refractivity contribution in [3.8, 4) is 5.75 Å². The molecule has 5 nitrogen and oxygen atoms in total. The molecule has 0 spiro atoms. The number of halogens is 2. The Morgan fingerprint density at radius 2 is 1.52 bits per heavy atom. The molecule has 3 aromatic rings. The van der Waals surface area contributed by atoms with Crippen LogP contribution >= 0.6 is 29.7 Å². The highest BCUT2D eigenvalue weighted by Crippen LogP contribution is 2.47. The Kier molecular flexibility index (Phi) is 10.8. The van der Waals surface area contributed by atoms with E-state index in [-0.39, 0.29) is 0 Å². The van der Waals surface area contributed by atoms with E-state index in [1.54, 1.807) is 12.1 Å². The van der Waals surface area contributed by atoms with Crippen molar-refractivity contribution in [1.82, 2.24) is 10.1 Å². The first-order valence-corrected chi connectivity index (χ1v) is 14.5. The first-order valence-electron chi connectivity index (χ1n) is 11.6. The number of aromatic nitrogens is 1. The fourth-order valence-corrected chi connectivity index (χ4v) is 5.21. The number of nitrogens with one attached hydrogen (secondary N) is 2. The zero-order chi connectivity index (χ0) is 23.4. The van der Waals surface area contributed by atoms with Gasteiger partial charge in [0, 0.05) is 46.6 Å². The van der Waals surface area contributed by atoms with Crippen LogP contribution in [-0.2, 0) is 4.57 Å². The van der Waals surface area contributed by atoms with Crippen LogP contribution in [0.3, 0.4) is 0 Å². The summed E-state index contributed by atoms with van der Waals surface area (Å²) in [5, 5.41) is 8.18. The third-order valence-corrected chi connectivity index (χ3v) is 7.24. The summed E-state index contributed by atoms with van der Waals surface area (Å²) in [6.45, 7) is -1.78. The quantitative estimate of drug-likeness (QED) is 0.159. The number of unbranched alkanes of at least 4 members (excludes halogenated alkanes) is 7. The van der Waals surface area contributed by atoms with Gasteiger partial charge < -0.3 is 9.84 Å². The lowest BCUT2D eigenvalue weighted by molar-refractivity contribution is 0.481. The van der Waals surface area contributed by atoms with Gasteiger partial charge in [-0.15, -0.1) is 0 Å². The van der Waals surface area contributed by atoms with Gasteiger partial charge in [0.25, 0.3) is 0 Å². The zero-order valence-electron chi connectivity index (χ0n) is 18.8. The topological polar surface area (TPSA) is 63.2 Å². The van der Waals surface area contributed by atoms with Crippen LogP contribution in [0.1, 0.15) is 51.4 Å². The van der Waals surface area contributed by atoms with E-state index in [0.717, 1.165) is 42.4 Å². The van der Waals surface area contributed by atoms with Gasteiger partial charge in [-0.05, 0) is 49.2 Å². The molecule has 178 valence electrons. The van der Waals surface area contributed by atoms with Crippen molar-refractivity contribution in [1.29, 1.82) is 0 Å². The third-order valence-electron chi connectivity index (χ3n) is 5.39. The summed E-state index contributed by atoms with van der Waals surface area (Å²) < 4.78 is 17.6. The zero-order valence-corrected chi connectivity index (χ0v) is 21.2. The molecular weight excluding hydrogens is 476 g/mol. The maximum absolute atomic E-state index is 12.2. The molecule has 1 aromatic heterocycles. The molecular formula is C25H32Cl2N3O2P. The highest BCUT2D eigenvalue weighted by molar-refractivity contribution is 7.84. The van der Waals surface area contributed by atoms with Crippen LogP contribution < -0.4 is 14.9 Å². The average molecular weight is 508 g/mol. The lowest BCUT2D eigenvalue weighted by Gasteiger charge is -2.13. The molecule has 2 aromatic carbocycles. The van der Waals surface area contributed by atoms with Crippen LogP contribution in [0.15, 0.2) is 60.8 Å². The Balaban J connectivity index is 1.17. The van der Waals surface area contributed by atoms with Crippen molar-refractivity contribution in [3.63, 3.8) is 0 Å². The van der Waals surface area contributed by atoms with Crippen LogP contribution in [0, 0.1) is 0 Å². The number of hydrogen-bond acceptors (Lipinski definition) is 4. The molecule has 0 amide bonds. The minimum absolute atomic E-state index is 0.512. The highest BCUT2D eigenvalue weighted by atomic mass is 35.7. The van der Waals surface area contributed by atoms with E-state index in [1.807, 2.05) is 48.7 Å². The van der Waals surface area contributed by atoms with E-state index >= 15 is 0 Å². The van der Waals surface area contributed by atoms with Gasteiger partial charge in [0.15, 0.2) is 0 Å². The molecule has 0 aliphatic carbocycles. The molecule has 0 saturated carbocycles. The molecule has 0 bridgehead atoms. The predicted octanol–water partition coefficient (Wildman–Crippen LogP) is 8.44. The second-order valence-electron chi connectivity index (χ2n) is 8.07. The van der Waals surface area contributed by atoms with Crippen LogP contribution in [0.4, 0.5) is 5.69 Å². The lowest BCUT2D eigenvalue weighted by atomic mass is 10.1. The summed E-state index contributed by atoms with van der Waals surface area (Å²) in [7, 11) is 0.